The van der Waals surface area contributed by atoms with Crippen molar-refractivity contribution in [1.29, 1.82) is 0 Å². The number of nitrogens with zero attached hydrogens (tertiary/aromatic N) is 1. The van der Waals surface area contributed by atoms with Crippen LogP contribution in [0.3, 0.4) is 0 Å². The molecule has 0 bridgehead atoms. The van der Waals surface area contributed by atoms with Crippen molar-refractivity contribution < 1.29 is 14.2 Å². The summed E-state index contributed by atoms with van der Waals surface area (Å²) in [6, 6.07) is 15.2. The van der Waals surface area contributed by atoms with Crippen LogP contribution >= 0.6 is 0 Å². The lowest BCUT2D eigenvalue weighted by molar-refractivity contribution is 0.140. The van der Waals surface area contributed by atoms with Crippen LogP contribution in [0, 0.1) is 0 Å². The third kappa shape index (κ3) is 5.04. The fourth-order valence-corrected chi connectivity index (χ4v) is 3.96. The van der Waals surface area contributed by atoms with Gasteiger partial charge in [0.2, 0.25) is 0 Å². The van der Waals surface area contributed by atoms with Crippen LogP contribution in [-0.2, 0) is 11.3 Å². The SMILES string of the molecule is COCCN1CCCC1CNCc1cc(OC)c(OC)cc1-c1ccccc1. The van der Waals surface area contributed by atoms with E-state index >= 15 is 0 Å². The lowest BCUT2D eigenvalue weighted by atomic mass is 9.98. The average Bonchev–Trinajstić information content (AvgIpc) is 3.19. The van der Waals surface area contributed by atoms with Crippen LogP contribution in [0.1, 0.15) is 18.4 Å². The average molecular weight is 385 g/mol. The van der Waals surface area contributed by atoms with Gasteiger partial charge < -0.3 is 19.5 Å². The van der Waals surface area contributed by atoms with E-state index in [1.165, 1.54) is 36.1 Å². The van der Waals surface area contributed by atoms with Crippen LogP contribution in [0.25, 0.3) is 11.1 Å². The van der Waals surface area contributed by atoms with Gasteiger partial charge in [-0.3, -0.25) is 4.90 Å². The predicted octanol–water partition coefficient (Wildman–Crippen LogP) is 3.57. The summed E-state index contributed by atoms with van der Waals surface area (Å²) in [6.45, 7) is 4.74. The van der Waals surface area contributed by atoms with Crippen LogP contribution < -0.4 is 14.8 Å². The van der Waals surface area contributed by atoms with E-state index in [2.05, 4.69) is 46.6 Å². The van der Waals surface area contributed by atoms with E-state index in [1.54, 1.807) is 21.3 Å². The van der Waals surface area contributed by atoms with Crippen molar-refractivity contribution in [3.8, 4) is 22.6 Å². The van der Waals surface area contributed by atoms with Crippen molar-refractivity contribution in [2.24, 2.45) is 0 Å². The second-order valence-electron chi connectivity index (χ2n) is 7.19. The maximum atomic E-state index is 5.53. The van der Waals surface area contributed by atoms with Gasteiger partial charge in [0.15, 0.2) is 11.5 Å². The number of rotatable bonds is 10. The Balaban J connectivity index is 1.73. The summed E-state index contributed by atoms with van der Waals surface area (Å²) in [7, 11) is 5.13. The highest BCUT2D eigenvalue weighted by Gasteiger charge is 2.23. The summed E-state index contributed by atoms with van der Waals surface area (Å²) in [5, 5.41) is 3.67. The second-order valence-corrected chi connectivity index (χ2v) is 7.19. The molecule has 2 aromatic carbocycles. The molecular weight excluding hydrogens is 352 g/mol. The van der Waals surface area contributed by atoms with Crippen LogP contribution in [0.15, 0.2) is 42.5 Å². The minimum atomic E-state index is 0.579. The highest BCUT2D eigenvalue weighted by atomic mass is 16.5. The maximum Gasteiger partial charge on any atom is 0.161 e. The summed E-state index contributed by atoms with van der Waals surface area (Å²) in [6.07, 6.45) is 2.51. The molecule has 3 rings (SSSR count). The summed E-state index contributed by atoms with van der Waals surface area (Å²) < 4.78 is 16.3. The van der Waals surface area contributed by atoms with E-state index in [9.17, 15) is 0 Å². The maximum absolute atomic E-state index is 5.53. The van der Waals surface area contributed by atoms with Crippen molar-refractivity contribution in [1.82, 2.24) is 10.2 Å². The highest BCUT2D eigenvalue weighted by molar-refractivity contribution is 5.71. The molecule has 5 nitrogen and oxygen atoms in total. The van der Waals surface area contributed by atoms with Gasteiger partial charge in [-0.05, 0) is 48.2 Å². The van der Waals surface area contributed by atoms with Gasteiger partial charge in [-0.2, -0.15) is 0 Å². The normalized spacial score (nSPS) is 17.0. The van der Waals surface area contributed by atoms with E-state index in [0.29, 0.717) is 6.04 Å². The molecule has 1 N–H and O–H groups in total. The van der Waals surface area contributed by atoms with Crippen LogP contribution in [-0.4, -0.2) is 58.5 Å². The quantitative estimate of drug-likeness (QED) is 0.678. The molecule has 0 aromatic heterocycles. The molecular formula is C23H32N2O3. The van der Waals surface area contributed by atoms with Crippen LogP contribution in [0.4, 0.5) is 0 Å². The molecule has 2 aromatic rings. The lowest BCUT2D eigenvalue weighted by Gasteiger charge is -2.24. The first-order chi connectivity index (χ1) is 13.8. The van der Waals surface area contributed by atoms with Crippen molar-refractivity contribution in [3.63, 3.8) is 0 Å². The van der Waals surface area contributed by atoms with Crippen molar-refractivity contribution >= 4 is 0 Å². The van der Waals surface area contributed by atoms with Crippen molar-refractivity contribution in [3.05, 3.63) is 48.0 Å². The van der Waals surface area contributed by atoms with Crippen molar-refractivity contribution in [2.75, 3.05) is 47.6 Å². The summed E-state index contributed by atoms with van der Waals surface area (Å²) in [5.41, 5.74) is 3.57. The summed E-state index contributed by atoms with van der Waals surface area (Å²) in [5.74, 6) is 1.52. The minimum Gasteiger partial charge on any atom is -0.493 e. The molecule has 0 aliphatic carbocycles. The molecule has 1 aliphatic heterocycles. The van der Waals surface area contributed by atoms with E-state index in [1.807, 2.05) is 6.07 Å². The molecule has 152 valence electrons. The number of benzene rings is 2. The van der Waals surface area contributed by atoms with E-state index < -0.39 is 0 Å². The molecule has 28 heavy (non-hydrogen) atoms. The summed E-state index contributed by atoms with van der Waals surface area (Å²) >= 11 is 0. The first kappa shape index (κ1) is 20.6. The summed E-state index contributed by atoms with van der Waals surface area (Å²) in [4.78, 5) is 2.53. The Bertz CT molecular complexity index is 736. The standard InChI is InChI=1S/C23H32N2O3/c1-26-13-12-25-11-7-10-20(25)17-24-16-19-14-22(27-2)23(28-3)15-21(19)18-8-5-4-6-9-18/h4-6,8-9,14-15,20,24H,7,10-13,16-17H2,1-3H3. The topological polar surface area (TPSA) is 43.0 Å². The van der Waals surface area contributed by atoms with Crippen molar-refractivity contribution in [2.45, 2.75) is 25.4 Å². The molecule has 0 saturated carbocycles. The van der Waals surface area contributed by atoms with Gasteiger partial charge in [-0.1, -0.05) is 30.3 Å². The molecule has 0 spiro atoms. The number of methoxy groups -OCH3 is 3. The highest BCUT2D eigenvalue weighted by Crippen LogP contribution is 2.35. The Kier molecular flexibility index (Phi) is 7.71. The number of likely N-dealkylation sites (tertiary alicyclic amines) is 1. The molecule has 1 saturated heterocycles. The van der Waals surface area contributed by atoms with Gasteiger partial charge in [0.1, 0.15) is 0 Å². The Morgan fingerprint density at radius 1 is 1.04 bits per heavy atom. The third-order valence-corrected chi connectivity index (χ3v) is 5.47. The molecule has 1 unspecified atom stereocenters. The first-order valence-electron chi connectivity index (χ1n) is 10.0. The lowest BCUT2D eigenvalue weighted by Crippen LogP contribution is -2.39. The van der Waals surface area contributed by atoms with Gasteiger partial charge >= 0.3 is 0 Å². The molecule has 0 amide bonds. The molecule has 5 heteroatoms. The molecule has 1 heterocycles. The van der Waals surface area contributed by atoms with Crippen LogP contribution in [0.5, 0.6) is 11.5 Å². The van der Waals surface area contributed by atoms with Gasteiger partial charge in [0, 0.05) is 32.8 Å². The third-order valence-electron chi connectivity index (χ3n) is 5.47. The van der Waals surface area contributed by atoms with E-state index in [4.69, 9.17) is 14.2 Å². The number of hydrogen-bond donors (Lipinski definition) is 1. The van der Waals surface area contributed by atoms with Gasteiger partial charge in [-0.25, -0.2) is 0 Å². The number of nitrogens with one attached hydrogen (secondary N) is 1. The smallest absolute Gasteiger partial charge is 0.161 e. The first-order valence-corrected chi connectivity index (χ1v) is 10.0. The second kappa shape index (κ2) is 10.5. The van der Waals surface area contributed by atoms with Gasteiger partial charge in [-0.15, -0.1) is 0 Å². The molecule has 1 atom stereocenters. The fraction of sp³-hybridized carbons (Fsp3) is 0.478. The minimum absolute atomic E-state index is 0.579. The Labute approximate surface area is 168 Å². The van der Waals surface area contributed by atoms with Gasteiger partial charge in [0.25, 0.3) is 0 Å². The molecule has 0 radical (unpaired) electrons. The van der Waals surface area contributed by atoms with Gasteiger partial charge in [0.05, 0.1) is 20.8 Å². The number of hydrogen-bond acceptors (Lipinski definition) is 5. The zero-order valence-electron chi connectivity index (χ0n) is 17.2. The predicted molar refractivity (Wildman–Crippen MR) is 113 cm³/mol. The van der Waals surface area contributed by atoms with E-state index in [0.717, 1.165) is 37.7 Å². The molecule has 1 fully saturated rings. The Hall–Kier alpha value is -2.08. The largest absolute Gasteiger partial charge is 0.493 e. The van der Waals surface area contributed by atoms with Crippen LogP contribution in [0.2, 0.25) is 0 Å². The van der Waals surface area contributed by atoms with E-state index in [-0.39, 0.29) is 0 Å². The monoisotopic (exact) mass is 384 g/mol. The zero-order valence-corrected chi connectivity index (χ0v) is 17.2. The fourth-order valence-electron chi connectivity index (χ4n) is 3.96. The Morgan fingerprint density at radius 3 is 2.50 bits per heavy atom. The number of ether oxygens (including phenoxy) is 3. The zero-order chi connectivity index (χ0) is 19.8. The molecule has 1 aliphatic rings. The Morgan fingerprint density at radius 2 is 1.79 bits per heavy atom.